The van der Waals surface area contributed by atoms with Crippen molar-refractivity contribution in [3.63, 3.8) is 0 Å². The van der Waals surface area contributed by atoms with Gasteiger partial charge in [0, 0.05) is 13.2 Å². The number of imidazole rings is 1. The topological polar surface area (TPSA) is 17.8 Å². The van der Waals surface area contributed by atoms with Crippen LogP contribution in [-0.4, -0.2) is 9.55 Å². The lowest BCUT2D eigenvalue weighted by Gasteiger charge is -1.87. The zero-order valence-electron chi connectivity index (χ0n) is 5.18. The van der Waals surface area contributed by atoms with E-state index in [2.05, 4.69) is 4.98 Å². The van der Waals surface area contributed by atoms with E-state index in [0.29, 0.717) is 3.83 Å². The maximum absolute atomic E-state index is 11.9. The van der Waals surface area contributed by atoms with E-state index in [4.69, 9.17) is 0 Å². The number of aromatic nitrogens is 2. The van der Waals surface area contributed by atoms with Crippen LogP contribution < -0.4 is 0 Å². The van der Waals surface area contributed by atoms with E-state index in [1.54, 1.807) is 11.6 Å². The first-order valence-corrected chi connectivity index (χ1v) is 3.66. The van der Waals surface area contributed by atoms with Crippen molar-refractivity contribution >= 4 is 22.6 Å². The number of nitrogens with zero attached hydrogens (tertiary/aromatic N) is 2. The second kappa shape index (κ2) is 2.81. The van der Waals surface area contributed by atoms with Crippen LogP contribution in [0.4, 0.5) is 8.78 Å². The van der Waals surface area contributed by atoms with Crippen molar-refractivity contribution in [3.05, 3.63) is 15.7 Å². The molecule has 0 unspecified atom stereocenters. The van der Waals surface area contributed by atoms with Crippen molar-refractivity contribution in [2.45, 2.75) is 6.43 Å². The molecule has 56 valence electrons. The molecule has 0 saturated heterocycles. The minimum Gasteiger partial charge on any atom is -0.329 e. The number of halogens is 3. The molecule has 0 spiro atoms. The maximum Gasteiger partial charge on any atom is 0.281 e. The van der Waals surface area contributed by atoms with Gasteiger partial charge < -0.3 is 4.57 Å². The van der Waals surface area contributed by atoms with Gasteiger partial charge in [-0.05, 0) is 22.6 Å². The fraction of sp³-hybridized carbons (Fsp3) is 0.400. The first-order valence-electron chi connectivity index (χ1n) is 2.58. The molecule has 0 amide bonds. The second-order valence-corrected chi connectivity index (χ2v) is 2.81. The summed E-state index contributed by atoms with van der Waals surface area (Å²) < 4.78 is 25.9. The van der Waals surface area contributed by atoms with Gasteiger partial charge in [-0.15, -0.1) is 0 Å². The minimum atomic E-state index is -2.46. The van der Waals surface area contributed by atoms with Crippen LogP contribution in [0.5, 0.6) is 0 Å². The highest BCUT2D eigenvalue weighted by Gasteiger charge is 2.11. The molecule has 0 saturated carbocycles. The van der Waals surface area contributed by atoms with Crippen LogP contribution in [0.2, 0.25) is 0 Å². The Kier molecular flexibility index (Phi) is 2.22. The van der Waals surface area contributed by atoms with Crippen molar-refractivity contribution in [2.75, 3.05) is 0 Å². The fourth-order valence-electron chi connectivity index (χ4n) is 0.571. The Morgan fingerprint density at radius 2 is 2.30 bits per heavy atom. The van der Waals surface area contributed by atoms with E-state index >= 15 is 0 Å². The highest BCUT2D eigenvalue weighted by molar-refractivity contribution is 14.1. The lowest BCUT2D eigenvalue weighted by Crippen LogP contribution is -1.86. The largest absolute Gasteiger partial charge is 0.329 e. The average molecular weight is 258 g/mol. The zero-order valence-corrected chi connectivity index (χ0v) is 7.34. The molecule has 1 heterocycles. The molecule has 0 fully saturated rings. The van der Waals surface area contributed by atoms with Crippen LogP contribution >= 0.6 is 22.6 Å². The Morgan fingerprint density at radius 3 is 2.50 bits per heavy atom. The Balaban J connectivity index is 2.98. The molecule has 1 aromatic heterocycles. The van der Waals surface area contributed by atoms with Gasteiger partial charge in [0.05, 0.1) is 0 Å². The van der Waals surface area contributed by atoms with E-state index in [-0.39, 0.29) is 5.69 Å². The Morgan fingerprint density at radius 1 is 1.70 bits per heavy atom. The molecular weight excluding hydrogens is 253 g/mol. The summed E-state index contributed by atoms with van der Waals surface area (Å²) in [5.41, 5.74) is -0.160. The summed E-state index contributed by atoms with van der Waals surface area (Å²) in [5, 5.41) is 0. The van der Waals surface area contributed by atoms with E-state index in [1.807, 2.05) is 22.6 Å². The average Bonchev–Trinajstić information content (AvgIpc) is 2.13. The van der Waals surface area contributed by atoms with E-state index in [9.17, 15) is 8.78 Å². The van der Waals surface area contributed by atoms with Gasteiger partial charge in [0.1, 0.15) is 5.69 Å². The molecule has 0 radical (unpaired) electrons. The van der Waals surface area contributed by atoms with Gasteiger partial charge in [-0.25, -0.2) is 13.8 Å². The number of rotatable bonds is 1. The van der Waals surface area contributed by atoms with Crippen molar-refractivity contribution in [3.8, 4) is 0 Å². The SMILES string of the molecule is Cn1cc(C(F)F)nc1I. The molecule has 2 nitrogen and oxygen atoms in total. The van der Waals surface area contributed by atoms with Gasteiger partial charge in [-0.2, -0.15) is 0 Å². The molecule has 0 aliphatic rings. The number of alkyl halides is 2. The Bertz CT molecular complexity index is 214. The van der Waals surface area contributed by atoms with E-state index in [1.165, 1.54) is 6.20 Å². The van der Waals surface area contributed by atoms with Crippen LogP contribution in [0, 0.1) is 3.83 Å². The quantitative estimate of drug-likeness (QED) is 0.704. The van der Waals surface area contributed by atoms with Gasteiger partial charge in [0.15, 0.2) is 3.83 Å². The van der Waals surface area contributed by atoms with Crippen LogP contribution in [0.3, 0.4) is 0 Å². The van der Waals surface area contributed by atoms with Crippen molar-refractivity contribution in [1.29, 1.82) is 0 Å². The molecule has 1 aromatic rings. The summed E-state index contributed by atoms with van der Waals surface area (Å²) in [7, 11) is 1.68. The maximum atomic E-state index is 11.9. The van der Waals surface area contributed by atoms with E-state index in [0.717, 1.165) is 0 Å². The molecule has 0 bridgehead atoms. The first-order chi connectivity index (χ1) is 4.61. The predicted octanol–water partition coefficient (Wildman–Crippen LogP) is 1.96. The van der Waals surface area contributed by atoms with Gasteiger partial charge in [0.25, 0.3) is 6.43 Å². The van der Waals surface area contributed by atoms with E-state index < -0.39 is 6.43 Å². The third kappa shape index (κ3) is 1.44. The lowest BCUT2D eigenvalue weighted by atomic mass is 10.5. The summed E-state index contributed by atoms with van der Waals surface area (Å²) >= 11 is 1.90. The number of hydrogen-bond acceptors (Lipinski definition) is 1. The molecule has 5 heteroatoms. The monoisotopic (exact) mass is 258 g/mol. The van der Waals surface area contributed by atoms with Crippen molar-refractivity contribution in [1.82, 2.24) is 9.55 Å². The normalized spacial score (nSPS) is 10.9. The highest BCUT2D eigenvalue weighted by Crippen LogP contribution is 2.17. The smallest absolute Gasteiger partial charge is 0.281 e. The number of aryl methyl sites for hydroxylation is 1. The molecule has 0 N–H and O–H groups in total. The summed E-state index contributed by atoms with van der Waals surface area (Å²) in [6.45, 7) is 0. The first kappa shape index (κ1) is 7.90. The predicted molar refractivity (Wildman–Crippen MR) is 40.9 cm³/mol. The molecular formula is C5H5F2IN2. The van der Waals surface area contributed by atoms with Crippen molar-refractivity contribution in [2.24, 2.45) is 7.05 Å². The van der Waals surface area contributed by atoms with Crippen LogP contribution in [-0.2, 0) is 7.05 Å². The standard InChI is InChI=1S/C5H5F2IN2/c1-10-2-3(4(6)7)9-5(10)8/h2,4H,1H3. The van der Waals surface area contributed by atoms with Gasteiger partial charge in [0.2, 0.25) is 0 Å². The summed E-state index contributed by atoms with van der Waals surface area (Å²) in [6, 6.07) is 0. The fourth-order valence-corrected chi connectivity index (χ4v) is 0.989. The van der Waals surface area contributed by atoms with Gasteiger partial charge in [-0.1, -0.05) is 0 Å². The van der Waals surface area contributed by atoms with Gasteiger partial charge in [-0.3, -0.25) is 0 Å². The Hall–Kier alpha value is -0.200. The van der Waals surface area contributed by atoms with Gasteiger partial charge >= 0.3 is 0 Å². The number of hydrogen-bond donors (Lipinski definition) is 0. The van der Waals surface area contributed by atoms with Crippen LogP contribution in [0.25, 0.3) is 0 Å². The summed E-state index contributed by atoms with van der Waals surface area (Å²) in [6.07, 6.45) is -1.14. The molecule has 1 rings (SSSR count). The van der Waals surface area contributed by atoms with Crippen molar-refractivity contribution < 1.29 is 8.78 Å². The zero-order chi connectivity index (χ0) is 7.72. The highest BCUT2D eigenvalue weighted by atomic mass is 127. The lowest BCUT2D eigenvalue weighted by molar-refractivity contribution is 0.146. The molecule has 0 aromatic carbocycles. The van der Waals surface area contributed by atoms with Crippen LogP contribution in [0.1, 0.15) is 12.1 Å². The summed E-state index contributed by atoms with van der Waals surface area (Å²) in [5.74, 6) is 0. The minimum absolute atomic E-state index is 0.160. The molecule has 0 aliphatic carbocycles. The molecule has 0 aliphatic heterocycles. The summed E-state index contributed by atoms with van der Waals surface area (Å²) in [4.78, 5) is 3.61. The third-order valence-electron chi connectivity index (χ3n) is 1.06. The second-order valence-electron chi connectivity index (χ2n) is 1.85. The van der Waals surface area contributed by atoms with Crippen LogP contribution in [0.15, 0.2) is 6.20 Å². The third-order valence-corrected chi connectivity index (χ3v) is 2.06. The molecule has 0 atom stereocenters. The Labute approximate surface area is 70.4 Å². The molecule has 10 heavy (non-hydrogen) atoms.